The first-order valence-electron chi connectivity index (χ1n) is 7.67. The highest BCUT2D eigenvalue weighted by atomic mass is 79.9. The van der Waals surface area contributed by atoms with E-state index in [1.54, 1.807) is 17.3 Å². The highest BCUT2D eigenvalue weighted by Crippen LogP contribution is 2.27. The third-order valence-electron chi connectivity index (χ3n) is 3.58. The Balaban J connectivity index is 1.94. The molecule has 0 aliphatic carbocycles. The van der Waals surface area contributed by atoms with Crippen molar-refractivity contribution in [3.05, 3.63) is 58.3 Å². The molecule has 2 rings (SSSR count). The van der Waals surface area contributed by atoms with Gasteiger partial charge in [0, 0.05) is 43.3 Å². The van der Waals surface area contributed by atoms with Gasteiger partial charge >= 0.3 is 0 Å². The molecule has 1 aromatic heterocycles. The predicted molar refractivity (Wildman–Crippen MR) is 97.6 cm³/mol. The van der Waals surface area contributed by atoms with Gasteiger partial charge in [-0.15, -0.1) is 0 Å². The van der Waals surface area contributed by atoms with Gasteiger partial charge in [-0.25, -0.2) is 0 Å². The summed E-state index contributed by atoms with van der Waals surface area (Å²) in [7, 11) is 0. The lowest BCUT2D eigenvalue weighted by Crippen LogP contribution is -2.34. The molecule has 24 heavy (non-hydrogen) atoms. The molecule has 1 heterocycles. The van der Waals surface area contributed by atoms with E-state index in [0.717, 1.165) is 21.3 Å². The van der Waals surface area contributed by atoms with E-state index < -0.39 is 0 Å². The quantitative estimate of drug-likeness (QED) is 0.824. The molecular formula is C18H20BrN3O2. The zero-order valence-electron chi connectivity index (χ0n) is 13.8. The summed E-state index contributed by atoms with van der Waals surface area (Å²) in [6.45, 7) is 4.27. The van der Waals surface area contributed by atoms with Crippen molar-refractivity contribution in [3.8, 4) is 0 Å². The second-order valence-electron chi connectivity index (χ2n) is 5.51. The Morgan fingerprint density at radius 3 is 2.54 bits per heavy atom. The average molecular weight is 390 g/mol. The molecule has 0 radical (unpaired) electrons. The number of hydrogen-bond donors (Lipinski definition) is 1. The highest BCUT2D eigenvalue weighted by Gasteiger charge is 2.16. The molecule has 0 bridgehead atoms. The number of amides is 2. The van der Waals surface area contributed by atoms with E-state index in [1.165, 1.54) is 6.92 Å². The summed E-state index contributed by atoms with van der Waals surface area (Å²) in [5.74, 6) is -0.192. The smallest absolute Gasteiger partial charge is 0.223 e. The molecule has 1 aromatic carbocycles. The molecule has 5 nitrogen and oxygen atoms in total. The van der Waals surface area contributed by atoms with Gasteiger partial charge in [0.25, 0.3) is 0 Å². The van der Waals surface area contributed by atoms with Crippen molar-refractivity contribution in [1.82, 2.24) is 10.3 Å². The SMILES string of the molecule is CC(=O)N(CCC(=O)NCc1ccncc1)c1ccc(C)cc1Br. The van der Waals surface area contributed by atoms with Gasteiger partial charge in [-0.05, 0) is 58.2 Å². The number of halogens is 1. The van der Waals surface area contributed by atoms with E-state index in [-0.39, 0.29) is 18.2 Å². The number of aryl methyl sites for hydroxylation is 1. The summed E-state index contributed by atoms with van der Waals surface area (Å²) in [6.07, 6.45) is 3.62. The van der Waals surface area contributed by atoms with E-state index in [2.05, 4.69) is 26.2 Å². The van der Waals surface area contributed by atoms with Crippen molar-refractivity contribution >= 4 is 33.4 Å². The molecule has 1 N–H and O–H groups in total. The first kappa shape index (κ1) is 18.1. The lowest BCUT2D eigenvalue weighted by Gasteiger charge is -2.22. The number of carbonyl (C=O) groups excluding carboxylic acids is 2. The Morgan fingerprint density at radius 2 is 1.92 bits per heavy atom. The second kappa shape index (κ2) is 8.59. The standard InChI is InChI=1S/C18H20BrN3O2/c1-13-3-4-17(16(19)11-13)22(14(2)23)10-7-18(24)21-12-15-5-8-20-9-6-15/h3-6,8-9,11H,7,10,12H2,1-2H3,(H,21,24). The highest BCUT2D eigenvalue weighted by molar-refractivity contribution is 9.10. The summed E-state index contributed by atoms with van der Waals surface area (Å²) in [6, 6.07) is 9.49. The van der Waals surface area contributed by atoms with Gasteiger partial charge in [0.2, 0.25) is 11.8 Å². The number of nitrogens with one attached hydrogen (secondary N) is 1. The maximum atomic E-state index is 12.0. The lowest BCUT2D eigenvalue weighted by molar-refractivity contribution is -0.121. The van der Waals surface area contributed by atoms with Crippen molar-refractivity contribution in [2.75, 3.05) is 11.4 Å². The minimum absolute atomic E-state index is 0.0958. The predicted octanol–water partition coefficient (Wildman–Crippen LogP) is 3.21. The van der Waals surface area contributed by atoms with Gasteiger partial charge in [0.15, 0.2) is 0 Å². The van der Waals surface area contributed by atoms with E-state index in [4.69, 9.17) is 0 Å². The second-order valence-corrected chi connectivity index (χ2v) is 6.36. The Morgan fingerprint density at radius 1 is 1.21 bits per heavy atom. The fourth-order valence-electron chi connectivity index (χ4n) is 2.28. The van der Waals surface area contributed by atoms with Crippen LogP contribution < -0.4 is 10.2 Å². The maximum Gasteiger partial charge on any atom is 0.223 e. The van der Waals surface area contributed by atoms with Gasteiger partial charge < -0.3 is 10.2 Å². The third-order valence-corrected chi connectivity index (χ3v) is 4.21. The van der Waals surface area contributed by atoms with Crippen molar-refractivity contribution in [3.63, 3.8) is 0 Å². The summed E-state index contributed by atoms with van der Waals surface area (Å²) >= 11 is 3.48. The number of benzene rings is 1. The van der Waals surface area contributed by atoms with Gasteiger partial charge in [-0.3, -0.25) is 14.6 Å². The molecule has 2 amide bonds. The van der Waals surface area contributed by atoms with Crippen molar-refractivity contribution < 1.29 is 9.59 Å². The van der Waals surface area contributed by atoms with Crippen molar-refractivity contribution in [1.29, 1.82) is 0 Å². The summed E-state index contributed by atoms with van der Waals surface area (Å²) in [4.78, 5) is 29.5. The van der Waals surface area contributed by atoms with Crippen LogP contribution >= 0.6 is 15.9 Å². The average Bonchev–Trinajstić information content (AvgIpc) is 2.55. The minimum Gasteiger partial charge on any atom is -0.352 e. The van der Waals surface area contributed by atoms with Crippen LogP contribution in [0.4, 0.5) is 5.69 Å². The van der Waals surface area contributed by atoms with Crippen LogP contribution in [0.5, 0.6) is 0 Å². The van der Waals surface area contributed by atoms with Crippen LogP contribution in [-0.2, 0) is 16.1 Å². The zero-order chi connectivity index (χ0) is 17.5. The van der Waals surface area contributed by atoms with Crippen LogP contribution in [0.3, 0.4) is 0 Å². The van der Waals surface area contributed by atoms with E-state index in [0.29, 0.717) is 13.1 Å². The number of anilines is 1. The topological polar surface area (TPSA) is 62.3 Å². The fourth-order valence-corrected chi connectivity index (χ4v) is 2.99. The van der Waals surface area contributed by atoms with Crippen LogP contribution in [0.15, 0.2) is 47.2 Å². The first-order valence-corrected chi connectivity index (χ1v) is 8.46. The molecule has 6 heteroatoms. The van der Waals surface area contributed by atoms with Crippen molar-refractivity contribution in [2.24, 2.45) is 0 Å². The number of pyridine rings is 1. The molecular weight excluding hydrogens is 370 g/mol. The van der Waals surface area contributed by atoms with Crippen LogP contribution in [0.1, 0.15) is 24.5 Å². The Bertz CT molecular complexity index is 719. The molecule has 2 aromatic rings. The Labute approximate surface area is 150 Å². The molecule has 0 unspecified atom stereocenters. The van der Waals surface area contributed by atoms with E-state index >= 15 is 0 Å². The molecule has 0 aliphatic rings. The number of aromatic nitrogens is 1. The Hall–Kier alpha value is -2.21. The van der Waals surface area contributed by atoms with Crippen LogP contribution in [0.25, 0.3) is 0 Å². The zero-order valence-corrected chi connectivity index (χ0v) is 15.3. The van der Waals surface area contributed by atoms with Gasteiger partial charge in [-0.2, -0.15) is 0 Å². The third kappa shape index (κ3) is 5.16. The van der Waals surface area contributed by atoms with Crippen molar-refractivity contribution in [2.45, 2.75) is 26.8 Å². The number of carbonyl (C=O) groups is 2. The first-order chi connectivity index (χ1) is 11.5. The molecule has 0 saturated carbocycles. The fraction of sp³-hybridized carbons (Fsp3) is 0.278. The summed E-state index contributed by atoms with van der Waals surface area (Å²) < 4.78 is 0.842. The molecule has 0 fully saturated rings. The maximum absolute atomic E-state index is 12.0. The summed E-state index contributed by atoms with van der Waals surface area (Å²) in [5.41, 5.74) is 2.86. The molecule has 0 atom stereocenters. The number of hydrogen-bond acceptors (Lipinski definition) is 3. The van der Waals surface area contributed by atoms with E-state index in [1.807, 2.05) is 37.3 Å². The molecule has 0 saturated heterocycles. The normalized spacial score (nSPS) is 10.3. The van der Waals surface area contributed by atoms with Gasteiger partial charge in [-0.1, -0.05) is 6.07 Å². The van der Waals surface area contributed by atoms with Crippen LogP contribution in [0.2, 0.25) is 0 Å². The van der Waals surface area contributed by atoms with E-state index in [9.17, 15) is 9.59 Å². The molecule has 0 aliphatic heterocycles. The van der Waals surface area contributed by atoms with Crippen LogP contribution in [-0.4, -0.2) is 23.3 Å². The van der Waals surface area contributed by atoms with Crippen LogP contribution in [0, 0.1) is 6.92 Å². The monoisotopic (exact) mass is 389 g/mol. The largest absolute Gasteiger partial charge is 0.352 e. The Kier molecular flexibility index (Phi) is 6.49. The lowest BCUT2D eigenvalue weighted by atomic mass is 10.2. The molecule has 126 valence electrons. The number of rotatable bonds is 6. The van der Waals surface area contributed by atoms with Gasteiger partial charge in [0.1, 0.15) is 0 Å². The molecule has 0 spiro atoms. The minimum atomic E-state index is -0.0960. The van der Waals surface area contributed by atoms with Gasteiger partial charge in [0.05, 0.1) is 5.69 Å². The summed E-state index contributed by atoms with van der Waals surface area (Å²) in [5, 5.41) is 2.85. The number of nitrogens with zero attached hydrogens (tertiary/aromatic N) is 2.